The normalized spacial score (nSPS) is 10.8. The van der Waals surface area contributed by atoms with Gasteiger partial charge in [-0.25, -0.2) is 10.2 Å². The van der Waals surface area contributed by atoms with E-state index in [0.717, 1.165) is 6.42 Å². The molecule has 8 nitrogen and oxygen atoms in total. The number of rotatable bonds is 6. The highest BCUT2D eigenvalue weighted by Gasteiger charge is 2.06. The van der Waals surface area contributed by atoms with Crippen LogP contribution in [0.5, 0.6) is 5.75 Å². The molecule has 0 atom stereocenters. The van der Waals surface area contributed by atoms with E-state index in [1.165, 1.54) is 6.21 Å². The minimum absolute atomic E-state index is 0.165. The van der Waals surface area contributed by atoms with Gasteiger partial charge in [0.25, 0.3) is 11.5 Å². The highest BCUT2D eigenvalue weighted by Crippen LogP contribution is 2.12. The number of amides is 1. The van der Waals surface area contributed by atoms with E-state index in [-0.39, 0.29) is 5.56 Å². The molecule has 0 radical (unpaired) electrons. The van der Waals surface area contributed by atoms with Crippen molar-refractivity contribution < 1.29 is 9.53 Å². The van der Waals surface area contributed by atoms with Crippen LogP contribution < -0.4 is 21.4 Å². The smallest absolute Gasteiger partial charge is 0.325 e. The molecule has 1 aromatic carbocycles. The van der Waals surface area contributed by atoms with Gasteiger partial charge in [-0.15, -0.1) is 0 Å². The van der Waals surface area contributed by atoms with E-state index < -0.39 is 17.2 Å². The number of ether oxygens (including phenoxy) is 1. The summed E-state index contributed by atoms with van der Waals surface area (Å²) in [5.74, 6) is 0.263. The zero-order chi connectivity index (χ0) is 17.5. The van der Waals surface area contributed by atoms with Crippen LogP contribution in [0.2, 0.25) is 0 Å². The van der Waals surface area contributed by atoms with Crippen LogP contribution in [0.3, 0.4) is 0 Å². The highest BCUT2D eigenvalue weighted by atomic mass is 16.5. The number of benzene rings is 1. The zero-order valence-corrected chi connectivity index (χ0v) is 13.4. The molecule has 0 aliphatic carbocycles. The Balaban J connectivity index is 2.03. The number of carbonyl (C=O) groups is 1. The molecule has 0 aliphatic rings. The third-order valence-corrected chi connectivity index (χ3v) is 3.13. The minimum atomic E-state index is -0.593. The van der Waals surface area contributed by atoms with Crippen molar-refractivity contribution in [2.75, 3.05) is 6.61 Å². The summed E-state index contributed by atoms with van der Waals surface area (Å²) < 4.78 is 5.44. The van der Waals surface area contributed by atoms with Gasteiger partial charge in [0.15, 0.2) is 0 Å². The molecular weight excluding hydrogens is 312 g/mol. The van der Waals surface area contributed by atoms with Crippen LogP contribution in [0, 0.1) is 6.92 Å². The highest BCUT2D eigenvalue weighted by molar-refractivity contribution is 5.95. The van der Waals surface area contributed by atoms with Crippen LogP contribution >= 0.6 is 0 Å². The van der Waals surface area contributed by atoms with Crippen LogP contribution in [0.1, 0.15) is 35.0 Å². The molecule has 0 bridgehead atoms. The van der Waals surface area contributed by atoms with Crippen molar-refractivity contribution in [3.05, 3.63) is 61.9 Å². The number of carbonyl (C=O) groups excluding carboxylic acids is 1. The number of H-pyrrole nitrogens is 2. The van der Waals surface area contributed by atoms with E-state index >= 15 is 0 Å². The molecule has 1 aromatic heterocycles. The largest absolute Gasteiger partial charge is 0.494 e. The molecule has 0 saturated heterocycles. The molecule has 0 unspecified atom stereocenters. The summed E-state index contributed by atoms with van der Waals surface area (Å²) in [7, 11) is 0. The van der Waals surface area contributed by atoms with Gasteiger partial charge < -0.3 is 9.72 Å². The van der Waals surface area contributed by atoms with Crippen molar-refractivity contribution >= 4 is 12.1 Å². The molecule has 0 fully saturated rings. The zero-order valence-electron chi connectivity index (χ0n) is 13.4. The molecule has 1 amide bonds. The number of hydrazone groups is 1. The second-order valence-corrected chi connectivity index (χ2v) is 5.02. The molecule has 24 heavy (non-hydrogen) atoms. The first-order valence-electron chi connectivity index (χ1n) is 7.40. The van der Waals surface area contributed by atoms with Crippen molar-refractivity contribution in [3.8, 4) is 5.75 Å². The maximum atomic E-state index is 12.0. The number of aryl methyl sites for hydroxylation is 1. The predicted octanol–water partition coefficient (Wildman–Crippen LogP) is 0.924. The van der Waals surface area contributed by atoms with Gasteiger partial charge in [0.05, 0.1) is 18.4 Å². The Morgan fingerprint density at radius 1 is 1.25 bits per heavy atom. The lowest BCUT2D eigenvalue weighted by Crippen LogP contribution is -2.27. The van der Waals surface area contributed by atoms with Crippen LogP contribution in [-0.2, 0) is 0 Å². The molecule has 2 rings (SSSR count). The first-order chi connectivity index (χ1) is 11.5. The molecule has 0 spiro atoms. The summed E-state index contributed by atoms with van der Waals surface area (Å²) in [4.78, 5) is 39.2. The Morgan fingerprint density at radius 2 is 1.96 bits per heavy atom. The van der Waals surface area contributed by atoms with E-state index in [1.54, 1.807) is 31.2 Å². The Kier molecular flexibility index (Phi) is 5.67. The minimum Gasteiger partial charge on any atom is -0.494 e. The number of hydrogen-bond acceptors (Lipinski definition) is 5. The van der Waals surface area contributed by atoms with Crippen LogP contribution in [0.15, 0.2) is 39.0 Å². The summed E-state index contributed by atoms with van der Waals surface area (Å²) >= 11 is 0. The second kappa shape index (κ2) is 7.91. The second-order valence-electron chi connectivity index (χ2n) is 5.02. The summed E-state index contributed by atoms with van der Waals surface area (Å²) in [6, 6.07) is 6.64. The summed E-state index contributed by atoms with van der Waals surface area (Å²) in [5.41, 5.74) is 2.08. The monoisotopic (exact) mass is 330 g/mol. The molecular formula is C16H18N4O4. The fourth-order valence-corrected chi connectivity index (χ4v) is 1.91. The molecule has 8 heteroatoms. The van der Waals surface area contributed by atoms with E-state index in [2.05, 4.69) is 20.5 Å². The number of aromatic nitrogens is 2. The van der Waals surface area contributed by atoms with Gasteiger partial charge in [0.2, 0.25) is 0 Å². The number of hydrogen-bond donors (Lipinski definition) is 3. The van der Waals surface area contributed by atoms with Gasteiger partial charge in [-0.05, 0) is 37.6 Å². The van der Waals surface area contributed by atoms with Gasteiger partial charge in [0.1, 0.15) is 5.75 Å². The molecule has 3 N–H and O–H groups in total. The van der Waals surface area contributed by atoms with Crippen LogP contribution in [0.25, 0.3) is 0 Å². The third-order valence-electron chi connectivity index (χ3n) is 3.13. The van der Waals surface area contributed by atoms with Gasteiger partial charge in [-0.3, -0.25) is 14.6 Å². The summed E-state index contributed by atoms with van der Waals surface area (Å²) in [5, 5.41) is 3.74. The summed E-state index contributed by atoms with van der Waals surface area (Å²) in [6.07, 6.45) is 2.08. The predicted molar refractivity (Wildman–Crippen MR) is 89.7 cm³/mol. The van der Waals surface area contributed by atoms with Crippen molar-refractivity contribution in [2.24, 2.45) is 5.10 Å². The van der Waals surface area contributed by atoms with E-state index in [9.17, 15) is 14.4 Å². The van der Waals surface area contributed by atoms with Gasteiger partial charge >= 0.3 is 5.69 Å². The van der Waals surface area contributed by atoms with Gasteiger partial charge in [-0.1, -0.05) is 6.92 Å². The van der Waals surface area contributed by atoms with Crippen LogP contribution in [0.4, 0.5) is 0 Å². The van der Waals surface area contributed by atoms with Crippen molar-refractivity contribution in [1.82, 2.24) is 15.4 Å². The maximum absolute atomic E-state index is 12.0. The molecule has 0 aliphatic heterocycles. The fraction of sp³-hybridized carbons (Fsp3) is 0.250. The average molecular weight is 330 g/mol. The number of nitrogens with zero attached hydrogens (tertiary/aromatic N) is 1. The standard InChI is InChI=1S/C16H18N4O4/c1-3-8-24-12-6-4-11(5-7-12)14(21)20-17-9-13-10(2)18-16(23)19-15(13)22/h4-7,9H,3,8H2,1-2H3,(H,20,21)(H2,18,19,22,23)/b17-9+. The Morgan fingerprint density at radius 3 is 2.58 bits per heavy atom. The average Bonchev–Trinajstić information content (AvgIpc) is 2.55. The Bertz CT molecular complexity index is 850. The fourth-order valence-electron chi connectivity index (χ4n) is 1.91. The van der Waals surface area contributed by atoms with E-state index in [0.29, 0.717) is 23.6 Å². The van der Waals surface area contributed by atoms with Gasteiger partial charge in [-0.2, -0.15) is 5.10 Å². The van der Waals surface area contributed by atoms with Crippen molar-refractivity contribution in [1.29, 1.82) is 0 Å². The molecule has 126 valence electrons. The maximum Gasteiger partial charge on any atom is 0.325 e. The van der Waals surface area contributed by atoms with E-state index in [1.807, 2.05) is 6.92 Å². The molecule has 2 aromatic rings. The SMILES string of the molecule is CCCOc1ccc(C(=O)N/N=C/c2c(C)[nH]c(=O)[nH]c2=O)cc1. The lowest BCUT2D eigenvalue weighted by atomic mass is 10.2. The van der Waals surface area contributed by atoms with Crippen LogP contribution in [-0.4, -0.2) is 28.7 Å². The van der Waals surface area contributed by atoms with Gasteiger partial charge in [0, 0.05) is 11.3 Å². The molecule has 0 saturated carbocycles. The lowest BCUT2D eigenvalue weighted by Gasteiger charge is -2.05. The molecule has 1 heterocycles. The first kappa shape index (κ1) is 17.2. The Hall–Kier alpha value is -3.16. The Labute approximate surface area is 137 Å². The van der Waals surface area contributed by atoms with Crippen molar-refractivity contribution in [2.45, 2.75) is 20.3 Å². The topological polar surface area (TPSA) is 116 Å². The number of nitrogens with one attached hydrogen (secondary N) is 3. The summed E-state index contributed by atoms with van der Waals surface area (Å²) in [6.45, 7) is 4.19. The lowest BCUT2D eigenvalue weighted by molar-refractivity contribution is 0.0955. The quantitative estimate of drug-likeness (QED) is 0.539. The third kappa shape index (κ3) is 4.42. The van der Waals surface area contributed by atoms with E-state index in [4.69, 9.17) is 4.74 Å². The van der Waals surface area contributed by atoms with Crippen molar-refractivity contribution in [3.63, 3.8) is 0 Å². The number of aromatic amines is 2. The first-order valence-corrected chi connectivity index (χ1v) is 7.40.